The Morgan fingerprint density at radius 1 is 1.16 bits per heavy atom. The summed E-state index contributed by atoms with van der Waals surface area (Å²) in [6, 6.07) is 7.51. The second kappa shape index (κ2) is 8.68. The zero-order valence-electron chi connectivity index (χ0n) is 15.3. The van der Waals surface area contributed by atoms with Gasteiger partial charge >= 0.3 is 0 Å². The lowest BCUT2D eigenvalue weighted by Crippen LogP contribution is -2.47. The molecular formula is C20H30N2O3. The van der Waals surface area contributed by atoms with Gasteiger partial charge in [-0.3, -0.25) is 4.79 Å². The summed E-state index contributed by atoms with van der Waals surface area (Å²) in [6.07, 6.45) is 4.76. The first kappa shape index (κ1) is 18.2. The van der Waals surface area contributed by atoms with Crippen molar-refractivity contribution in [3.8, 4) is 5.75 Å². The third kappa shape index (κ3) is 4.73. The number of ether oxygens (including phenoxy) is 2. The van der Waals surface area contributed by atoms with E-state index >= 15 is 0 Å². The van der Waals surface area contributed by atoms with Crippen LogP contribution in [0.1, 0.15) is 43.0 Å². The molecule has 2 heterocycles. The van der Waals surface area contributed by atoms with Crippen molar-refractivity contribution in [2.75, 3.05) is 46.0 Å². The summed E-state index contributed by atoms with van der Waals surface area (Å²) in [7, 11) is 0. The molecule has 3 rings (SSSR count). The van der Waals surface area contributed by atoms with E-state index in [1.54, 1.807) is 0 Å². The van der Waals surface area contributed by atoms with Gasteiger partial charge in [-0.15, -0.1) is 0 Å². The second-order valence-corrected chi connectivity index (χ2v) is 7.12. The smallest absolute Gasteiger partial charge is 0.253 e. The lowest BCUT2D eigenvalue weighted by atomic mass is 9.71. The highest BCUT2D eigenvalue weighted by Crippen LogP contribution is 2.39. The Morgan fingerprint density at radius 2 is 1.92 bits per heavy atom. The van der Waals surface area contributed by atoms with E-state index in [-0.39, 0.29) is 5.91 Å². The zero-order valence-corrected chi connectivity index (χ0v) is 15.3. The van der Waals surface area contributed by atoms with Crippen molar-refractivity contribution in [2.24, 2.45) is 5.41 Å². The minimum atomic E-state index is 0.124. The van der Waals surface area contributed by atoms with Crippen LogP contribution in [0.5, 0.6) is 5.75 Å². The van der Waals surface area contributed by atoms with Gasteiger partial charge in [0.1, 0.15) is 12.4 Å². The number of amides is 1. The maximum absolute atomic E-state index is 12.8. The molecule has 5 heteroatoms. The molecule has 2 aliphatic heterocycles. The monoisotopic (exact) mass is 346 g/mol. The number of benzene rings is 1. The van der Waals surface area contributed by atoms with E-state index in [2.05, 4.69) is 5.32 Å². The van der Waals surface area contributed by atoms with Gasteiger partial charge in [-0.1, -0.05) is 6.07 Å². The highest BCUT2D eigenvalue weighted by molar-refractivity contribution is 5.94. The number of rotatable bonds is 6. The number of carbonyl (C=O) groups is 1. The highest BCUT2D eigenvalue weighted by atomic mass is 16.5. The van der Waals surface area contributed by atoms with Crippen molar-refractivity contribution >= 4 is 5.91 Å². The van der Waals surface area contributed by atoms with Crippen LogP contribution in [0.25, 0.3) is 0 Å². The first-order valence-corrected chi connectivity index (χ1v) is 9.53. The van der Waals surface area contributed by atoms with Gasteiger partial charge in [0.05, 0.1) is 6.61 Å². The van der Waals surface area contributed by atoms with Gasteiger partial charge < -0.3 is 19.7 Å². The number of likely N-dealkylation sites (tertiary alicyclic amines) is 1. The quantitative estimate of drug-likeness (QED) is 0.805. The number of hydrogen-bond acceptors (Lipinski definition) is 4. The Hall–Kier alpha value is -1.59. The van der Waals surface area contributed by atoms with Crippen molar-refractivity contribution in [3.05, 3.63) is 29.8 Å². The van der Waals surface area contributed by atoms with E-state index in [9.17, 15) is 4.79 Å². The van der Waals surface area contributed by atoms with Crippen LogP contribution < -0.4 is 10.1 Å². The molecule has 1 spiro atoms. The number of piperidine rings is 2. The topological polar surface area (TPSA) is 50.8 Å². The maximum Gasteiger partial charge on any atom is 0.253 e. The van der Waals surface area contributed by atoms with Crippen LogP contribution in [0.3, 0.4) is 0 Å². The van der Waals surface area contributed by atoms with Gasteiger partial charge in [0.2, 0.25) is 0 Å². The average molecular weight is 346 g/mol. The summed E-state index contributed by atoms with van der Waals surface area (Å²) in [5.74, 6) is 0.858. The molecule has 1 aromatic carbocycles. The Labute approximate surface area is 150 Å². The third-order valence-electron chi connectivity index (χ3n) is 5.56. The first-order valence-electron chi connectivity index (χ1n) is 9.53. The number of nitrogens with zero attached hydrogens (tertiary/aromatic N) is 1. The normalized spacial score (nSPS) is 19.8. The fourth-order valence-corrected chi connectivity index (χ4v) is 3.91. The van der Waals surface area contributed by atoms with Crippen LogP contribution in [-0.4, -0.2) is 56.8 Å². The molecule has 5 nitrogen and oxygen atoms in total. The average Bonchev–Trinajstić information content (AvgIpc) is 2.66. The molecule has 0 saturated carbocycles. The zero-order chi connectivity index (χ0) is 17.5. The molecular weight excluding hydrogens is 316 g/mol. The largest absolute Gasteiger partial charge is 0.491 e. The predicted octanol–water partition coefficient (Wildman–Crippen LogP) is 2.71. The molecule has 2 saturated heterocycles. The van der Waals surface area contributed by atoms with E-state index in [4.69, 9.17) is 9.47 Å². The molecule has 25 heavy (non-hydrogen) atoms. The van der Waals surface area contributed by atoms with Crippen LogP contribution in [0.15, 0.2) is 24.3 Å². The van der Waals surface area contributed by atoms with Crippen molar-refractivity contribution in [3.63, 3.8) is 0 Å². The van der Waals surface area contributed by atoms with Crippen molar-refractivity contribution in [1.82, 2.24) is 10.2 Å². The molecule has 0 unspecified atom stereocenters. The van der Waals surface area contributed by atoms with E-state index in [0.717, 1.165) is 50.3 Å². The fraction of sp³-hybridized carbons (Fsp3) is 0.650. The Bertz CT molecular complexity index is 560. The lowest BCUT2D eigenvalue weighted by molar-refractivity contribution is 0.0495. The van der Waals surface area contributed by atoms with Crippen LogP contribution >= 0.6 is 0 Å². The molecule has 138 valence electrons. The van der Waals surface area contributed by atoms with Gasteiger partial charge in [-0.05, 0) is 69.3 Å². The van der Waals surface area contributed by atoms with Gasteiger partial charge in [0, 0.05) is 25.3 Å². The maximum atomic E-state index is 12.8. The van der Waals surface area contributed by atoms with Crippen LogP contribution in [-0.2, 0) is 4.74 Å². The van der Waals surface area contributed by atoms with E-state index in [0.29, 0.717) is 25.2 Å². The summed E-state index contributed by atoms with van der Waals surface area (Å²) in [5, 5.41) is 3.44. The molecule has 1 amide bonds. The summed E-state index contributed by atoms with van der Waals surface area (Å²) < 4.78 is 11.0. The van der Waals surface area contributed by atoms with Crippen molar-refractivity contribution < 1.29 is 14.3 Å². The molecule has 1 aromatic rings. The third-order valence-corrected chi connectivity index (χ3v) is 5.56. The van der Waals surface area contributed by atoms with E-state index < -0.39 is 0 Å². The molecule has 0 aromatic heterocycles. The van der Waals surface area contributed by atoms with Crippen molar-refractivity contribution in [1.29, 1.82) is 0 Å². The summed E-state index contributed by atoms with van der Waals surface area (Å²) >= 11 is 0. The lowest BCUT2D eigenvalue weighted by Gasteiger charge is -2.44. The number of nitrogens with one attached hydrogen (secondary N) is 1. The first-order chi connectivity index (χ1) is 12.2. The molecule has 1 N–H and O–H groups in total. The second-order valence-electron chi connectivity index (χ2n) is 7.12. The minimum absolute atomic E-state index is 0.124. The number of carbonyl (C=O) groups excluding carboxylic acids is 1. The SMILES string of the molecule is CCOCCOc1cccc(C(=O)N2CCC3(CCNCC3)CC2)c1. The molecule has 0 atom stereocenters. The van der Waals surface area contributed by atoms with E-state index in [1.165, 1.54) is 12.8 Å². The Kier molecular flexibility index (Phi) is 6.32. The highest BCUT2D eigenvalue weighted by Gasteiger charge is 2.36. The van der Waals surface area contributed by atoms with Gasteiger partial charge in [0.25, 0.3) is 5.91 Å². The summed E-state index contributed by atoms with van der Waals surface area (Å²) in [6.45, 7) is 7.70. The Morgan fingerprint density at radius 3 is 2.64 bits per heavy atom. The van der Waals surface area contributed by atoms with Gasteiger partial charge in [0.15, 0.2) is 0 Å². The molecule has 2 aliphatic rings. The Balaban J connectivity index is 1.54. The van der Waals surface area contributed by atoms with Crippen molar-refractivity contribution in [2.45, 2.75) is 32.6 Å². The van der Waals surface area contributed by atoms with Gasteiger partial charge in [-0.2, -0.15) is 0 Å². The fourth-order valence-electron chi connectivity index (χ4n) is 3.91. The predicted molar refractivity (Wildman–Crippen MR) is 98.1 cm³/mol. The van der Waals surface area contributed by atoms with Gasteiger partial charge in [-0.25, -0.2) is 0 Å². The molecule has 0 bridgehead atoms. The molecule has 0 radical (unpaired) electrons. The van der Waals surface area contributed by atoms with Crippen LogP contribution in [0.2, 0.25) is 0 Å². The van der Waals surface area contributed by atoms with Crippen LogP contribution in [0.4, 0.5) is 0 Å². The number of hydrogen-bond donors (Lipinski definition) is 1. The molecule has 2 fully saturated rings. The summed E-state index contributed by atoms with van der Waals surface area (Å²) in [5.41, 5.74) is 1.18. The summed E-state index contributed by atoms with van der Waals surface area (Å²) in [4.78, 5) is 14.8. The molecule has 0 aliphatic carbocycles. The van der Waals surface area contributed by atoms with Crippen LogP contribution in [0, 0.1) is 5.41 Å². The standard InChI is InChI=1S/C20H30N2O3/c1-2-24-14-15-25-18-5-3-4-17(16-18)19(23)22-12-8-20(9-13-22)6-10-21-11-7-20/h3-5,16,21H,2,6-15H2,1H3. The van der Waals surface area contributed by atoms with E-state index in [1.807, 2.05) is 36.1 Å². The minimum Gasteiger partial charge on any atom is -0.491 e.